The Morgan fingerprint density at radius 2 is 1.65 bits per heavy atom. The summed E-state index contributed by atoms with van der Waals surface area (Å²) in [6.45, 7) is 8.77. The number of hydrogen-bond donors (Lipinski definition) is 0. The van der Waals surface area contributed by atoms with Crippen LogP contribution in [0.4, 0.5) is 13.2 Å². The van der Waals surface area contributed by atoms with E-state index in [0.717, 1.165) is 19.3 Å². The van der Waals surface area contributed by atoms with Crippen LogP contribution in [0.15, 0.2) is 0 Å². The summed E-state index contributed by atoms with van der Waals surface area (Å²) in [5.41, 5.74) is 0. The minimum atomic E-state index is -3.90. The summed E-state index contributed by atoms with van der Waals surface area (Å²) in [7, 11) is 0. The molecule has 1 aliphatic heterocycles. The van der Waals surface area contributed by atoms with Gasteiger partial charge in [-0.05, 0) is 0 Å². The van der Waals surface area contributed by atoms with Crippen molar-refractivity contribution in [3.63, 3.8) is 0 Å². The van der Waals surface area contributed by atoms with E-state index < -0.39 is 31.3 Å². The summed E-state index contributed by atoms with van der Waals surface area (Å²) in [5.74, 6) is 1.83. The van der Waals surface area contributed by atoms with Gasteiger partial charge in [0.25, 0.3) is 0 Å². The predicted molar refractivity (Wildman–Crippen MR) is 60.6 cm³/mol. The summed E-state index contributed by atoms with van der Waals surface area (Å²) in [4.78, 5) is 0. The first kappa shape index (κ1) is 15.6. The Morgan fingerprint density at radius 1 is 1.06 bits per heavy atom. The van der Waals surface area contributed by atoms with Gasteiger partial charge in [-0.25, -0.2) is 0 Å². The molecule has 17 heavy (non-hydrogen) atoms. The molecule has 104 valence electrons. The zero-order valence-corrected chi connectivity index (χ0v) is 13.2. The molecule has 0 N–H and O–H groups in total. The van der Waals surface area contributed by atoms with Crippen LogP contribution in [0.2, 0.25) is 0 Å². The van der Waals surface area contributed by atoms with Crippen molar-refractivity contribution in [1.29, 1.82) is 0 Å². The van der Waals surface area contributed by atoms with E-state index in [-0.39, 0.29) is 3.92 Å². The molecule has 0 spiro atoms. The Kier molecular flexibility index (Phi) is 5.60. The zero-order chi connectivity index (χ0) is 13.2. The van der Waals surface area contributed by atoms with Gasteiger partial charge in [0.1, 0.15) is 0 Å². The summed E-state index contributed by atoms with van der Waals surface area (Å²) in [5, 5.41) is 0. The van der Waals surface area contributed by atoms with Gasteiger partial charge in [0.05, 0.1) is 0 Å². The third-order valence-corrected chi connectivity index (χ3v) is 7.41. The van der Waals surface area contributed by atoms with Crippen LogP contribution in [0.5, 0.6) is 0 Å². The van der Waals surface area contributed by atoms with Gasteiger partial charge in [-0.3, -0.25) is 0 Å². The van der Waals surface area contributed by atoms with E-state index in [2.05, 4.69) is 27.7 Å². The average molecular weight is 363 g/mol. The maximum atomic E-state index is 12.4. The van der Waals surface area contributed by atoms with Gasteiger partial charge in [0, 0.05) is 0 Å². The Balaban J connectivity index is 2.17. The van der Waals surface area contributed by atoms with Crippen LogP contribution in [0.25, 0.3) is 0 Å². The second-order valence-electron chi connectivity index (χ2n) is 5.72. The van der Waals surface area contributed by atoms with E-state index in [0.29, 0.717) is 17.8 Å². The van der Waals surface area contributed by atoms with Gasteiger partial charge in [-0.2, -0.15) is 0 Å². The van der Waals surface area contributed by atoms with Crippen molar-refractivity contribution in [3.8, 4) is 0 Å². The molecule has 1 heterocycles. The van der Waals surface area contributed by atoms with Crippen LogP contribution in [-0.4, -0.2) is 14.0 Å². The average Bonchev–Trinajstić information content (AvgIpc) is 2.92. The van der Waals surface area contributed by atoms with Gasteiger partial charge < -0.3 is 0 Å². The molecule has 0 bridgehead atoms. The predicted octanol–water partition coefficient (Wildman–Crippen LogP) is 1.49. The molecule has 0 nitrogen and oxygen atoms in total. The Hall–Kier alpha value is 0.520. The van der Waals surface area contributed by atoms with Crippen LogP contribution in [0.3, 0.4) is 0 Å². The van der Waals surface area contributed by atoms with Gasteiger partial charge in [-0.15, -0.1) is 0 Å². The van der Waals surface area contributed by atoms with E-state index in [1.54, 1.807) is 0 Å². The monoisotopic (exact) mass is 363 g/mol. The third-order valence-electron chi connectivity index (χ3n) is 3.74. The Bertz CT molecular complexity index is 237. The molecule has 0 aliphatic carbocycles. The molecule has 0 saturated carbocycles. The van der Waals surface area contributed by atoms with Crippen molar-refractivity contribution in [2.24, 2.45) is 17.8 Å². The number of halogens is 4. The quantitative estimate of drug-likeness (QED) is 0.496. The van der Waals surface area contributed by atoms with Crippen LogP contribution in [0, 0.1) is 17.8 Å². The first-order valence-corrected chi connectivity index (χ1v) is 8.89. The van der Waals surface area contributed by atoms with E-state index in [1.807, 2.05) is 0 Å². The molecule has 0 aromatic carbocycles. The molecule has 1 saturated heterocycles. The molecule has 0 radical (unpaired) electrons. The number of alkyl halides is 5. The molecule has 0 aromatic rings. The maximum absolute atomic E-state index is 12.4. The fourth-order valence-electron chi connectivity index (χ4n) is 1.96. The van der Waals surface area contributed by atoms with E-state index in [9.17, 15) is 13.2 Å². The van der Waals surface area contributed by atoms with Crippen LogP contribution in [0.1, 0.15) is 47.0 Å². The molecule has 1 rings (SSSR count). The number of rotatable bonds is 6. The minimum absolute atomic E-state index is 0.0261. The van der Waals surface area contributed by atoms with Gasteiger partial charge >= 0.3 is 113 Å². The molecule has 1 aliphatic rings. The van der Waals surface area contributed by atoms with Crippen molar-refractivity contribution in [2.45, 2.75) is 61.0 Å². The number of hydrogen-bond acceptors (Lipinski definition) is 0. The van der Waals surface area contributed by atoms with Gasteiger partial charge in [-0.1, -0.05) is 0 Å². The molecular formula is C13H23F3I-. The second-order valence-corrected chi connectivity index (χ2v) is 9.39. The van der Waals surface area contributed by atoms with Crippen molar-refractivity contribution in [1.82, 2.24) is 0 Å². The summed E-state index contributed by atoms with van der Waals surface area (Å²) in [6.07, 6.45) is -0.851. The first-order valence-electron chi connectivity index (χ1n) is 6.40. The van der Waals surface area contributed by atoms with E-state index in [1.165, 1.54) is 0 Å². The first-order chi connectivity index (χ1) is 7.71. The Morgan fingerprint density at radius 3 is 2.06 bits per heavy atom. The normalized spacial score (nSPS) is 28.7. The summed E-state index contributed by atoms with van der Waals surface area (Å²) < 4.78 is 36.3. The van der Waals surface area contributed by atoms with Crippen LogP contribution >= 0.6 is 0 Å². The van der Waals surface area contributed by atoms with Crippen molar-refractivity contribution >= 4 is 0 Å². The van der Waals surface area contributed by atoms with Crippen molar-refractivity contribution in [3.05, 3.63) is 0 Å². The molecule has 4 atom stereocenters. The summed E-state index contributed by atoms with van der Waals surface area (Å²) in [6, 6.07) is 0. The third kappa shape index (κ3) is 5.35. The van der Waals surface area contributed by atoms with E-state index >= 15 is 0 Å². The molecule has 0 aromatic heterocycles. The zero-order valence-electron chi connectivity index (χ0n) is 11.0. The van der Waals surface area contributed by atoms with Gasteiger partial charge in [0.2, 0.25) is 0 Å². The topological polar surface area (TPSA) is 0 Å². The second kappa shape index (κ2) is 6.11. The van der Waals surface area contributed by atoms with Crippen molar-refractivity contribution < 1.29 is 34.4 Å². The standard InChI is InChI=1S/C13H23F3I/c1-8(2)10(4)6-5-9(3)7-11-12(17-11)13(14,15)16/h8-12H,5-7H2,1-4H3/q-1/t9?,10-,11-,12+/m0/s1. The molecule has 4 heteroatoms. The van der Waals surface area contributed by atoms with Crippen LogP contribution in [-0.2, 0) is 0 Å². The molecular weight excluding hydrogens is 340 g/mol. The Labute approximate surface area is 113 Å². The fraction of sp³-hybridized carbons (Fsp3) is 1.00. The summed E-state index contributed by atoms with van der Waals surface area (Å²) >= 11 is -0.580. The molecule has 0 amide bonds. The van der Waals surface area contributed by atoms with Crippen LogP contribution < -0.4 is 21.2 Å². The van der Waals surface area contributed by atoms with Gasteiger partial charge in [0.15, 0.2) is 0 Å². The SMILES string of the molecule is CC(CC[C@H](C)C(C)C)C[C@@H]1[I-][C@H]1C(F)(F)F. The fourth-order valence-corrected chi connectivity index (χ4v) is 4.99. The van der Waals surface area contributed by atoms with Crippen molar-refractivity contribution in [2.75, 3.05) is 0 Å². The van der Waals surface area contributed by atoms with E-state index in [4.69, 9.17) is 0 Å². The molecule has 1 unspecified atom stereocenters. The molecule has 1 fully saturated rings.